The summed E-state index contributed by atoms with van der Waals surface area (Å²) in [5.74, 6) is -0.434. The molecule has 0 spiro atoms. The van der Waals surface area contributed by atoms with Crippen molar-refractivity contribution in [1.82, 2.24) is 0 Å². The first-order valence-corrected chi connectivity index (χ1v) is 4.06. The molecule has 0 atom stereocenters. The summed E-state index contributed by atoms with van der Waals surface area (Å²) in [6.07, 6.45) is 1.48. The zero-order chi connectivity index (χ0) is 10.4. The second kappa shape index (κ2) is 7.45. The van der Waals surface area contributed by atoms with Crippen molar-refractivity contribution in [2.75, 3.05) is 13.7 Å². The molecule has 0 radical (unpaired) electrons. The molecule has 0 bridgehead atoms. The maximum Gasteiger partial charge on any atom is 1.00 e. The van der Waals surface area contributed by atoms with Crippen LogP contribution >= 0.6 is 0 Å². The van der Waals surface area contributed by atoms with Gasteiger partial charge in [0.2, 0.25) is 0 Å². The number of carboxylic acids is 1. The molecule has 1 aromatic rings. The van der Waals surface area contributed by atoms with Crippen LogP contribution in [0.4, 0.5) is 0 Å². The van der Waals surface area contributed by atoms with Gasteiger partial charge in [0.05, 0.1) is 19.6 Å². The summed E-state index contributed by atoms with van der Waals surface area (Å²) in [4.78, 5) is 13.7. The predicted molar refractivity (Wildman–Crippen MR) is 50.5 cm³/mol. The molecule has 0 saturated carbocycles. The van der Waals surface area contributed by atoms with Crippen LogP contribution in [0, 0.1) is 0 Å². The molecular formula is C10H10NNaO3. The smallest absolute Gasteiger partial charge is 0.548 e. The third-order valence-electron chi connectivity index (χ3n) is 1.58. The number of ether oxygens (including phenoxy) is 1. The normalized spacial score (nSPS) is 9.67. The Hall–Kier alpha value is -0.840. The van der Waals surface area contributed by atoms with Crippen molar-refractivity contribution < 1.29 is 44.2 Å². The molecule has 0 aromatic heterocycles. The van der Waals surface area contributed by atoms with Gasteiger partial charge in [0.1, 0.15) is 5.75 Å². The van der Waals surface area contributed by atoms with Crippen molar-refractivity contribution in [3.8, 4) is 5.75 Å². The predicted octanol–water partition coefficient (Wildman–Crippen LogP) is -3.13. The molecule has 0 heterocycles. The van der Waals surface area contributed by atoms with Crippen LogP contribution in [-0.4, -0.2) is 25.8 Å². The van der Waals surface area contributed by atoms with Gasteiger partial charge in [-0.1, -0.05) is 0 Å². The van der Waals surface area contributed by atoms with Gasteiger partial charge in [-0.3, -0.25) is 4.99 Å². The molecule has 0 saturated heterocycles. The molecule has 1 aromatic carbocycles. The van der Waals surface area contributed by atoms with Crippen molar-refractivity contribution in [1.29, 1.82) is 0 Å². The molecule has 4 nitrogen and oxygen atoms in total. The van der Waals surface area contributed by atoms with Crippen LogP contribution in [0.3, 0.4) is 0 Å². The number of carbonyl (C=O) groups excluding carboxylic acids is 1. The minimum atomic E-state index is -1.19. The van der Waals surface area contributed by atoms with Gasteiger partial charge in [-0.15, -0.1) is 0 Å². The number of methoxy groups -OCH3 is 1. The molecule has 5 heteroatoms. The molecule has 0 aliphatic heterocycles. The van der Waals surface area contributed by atoms with E-state index in [0.29, 0.717) is 0 Å². The van der Waals surface area contributed by atoms with Gasteiger partial charge in [0.25, 0.3) is 0 Å². The van der Waals surface area contributed by atoms with E-state index in [1.54, 1.807) is 31.4 Å². The first-order valence-electron chi connectivity index (χ1n) is 4.06. The van der Waals surface area contributed by atoms with E-state index in [-0.39, 0.29) is 36.1 Å². The van der Waals surface area contributed by atoms with E-state index < -0.39 is 5.97 Å². The number of aliphatic imine (C=N–C) groups is 1. The van der Waals surface area contributed by atoms with Crippen LogP contribution in [-0.2, 0) is 4.79 Å². The Morgan fingerprint density at radius 1 is 1.47 bits per heavy atom. The fourth-order valence-electron chi connectivity index (χ4n) is 0.916. The molecule has 0 amide bonds. The average Bonchev–Trinajstić information content (AvgIpc) is 2.18. The topological polar surface area (TPSA) is 61.7 Å². The number of hydrogen-bond acceptors (Lipinski definition) is 4. The van der Waals surface area contributed by atoms with E-state index in [0.717, 1.165) is 11.3 Å². The van der Waals surface area contributed by atoms with E-state index in [1.165, 1.54) is 6.21 Å². The van der Waals surface area contributed by atoms with Crippen LogP contribution in [0.25, 0.3) is 0 Å². The maximum absolute atomic E-state index is 10.0. The van der Waals surface area contributed by atoms with Crippen LogP contribution in [0.1, 0.15) is 5.56 Å². The molecule has 0 N–H and O–H groups in total. The van der Waals surface area contributed by atoms with Gasteiger partial charge >= 0.3 is 29.6 Å². The summed E-state index contributed by atoms with van der Waals surface area (Å²) >= 11 is 0. The fourth-order valence-corrected chi connectivity index (χ4v) is 0.916. The monoisotopic (exact) mass is 215 g/mol. The van der Waals surface area contributed by atoms with E-state index >= 15 is 0 Å². The van der Waals surface area contributed by atoms with Crippen molar-refractivity contribution in [3.05, 3.63) is 29.8 Å². The summed E-state index contributed by atoms with van der Waals surface area (Å²) in [6.45, 7) is -0.313. The number of carbonyl (C=O) groups is 1. The van der Waals surface area contributed by atoms with Gasteiger partial charge in [0, 0.05) is 6.21 Å². The Bertz CT molecular complexity index is 335. The standard InChI is InChI=1S/C10H11NO3.Na/c1-14-9-4-2-8(3-5-9)6-11-7-10(12)13;/h2-6H,7H2,1H3,(H,12,13);/q;+1/p-1/b11-6-;. The quantitative estimate of drug-likeness (QED) is 0.394. The zero-order valence-corrected chi connectivity index (χ0v) is 10.8. The number of aliphatic carboxylic acids is 1. The molecule has 0 unspecified atom stereocenters. The molecular weight excluding hydrogens is 205 g/mol. The van der Waals surface area contributed by atoms with Gasteiger partial charge in [-0.25, -0.2) is 0 Å². The summed E-state index contributed by atoms with van der Waals surface area (Å²) in [5.41, 5.74) is 0.826. The van der Waals surface area contributed by atoms with Crippen LogP contribution in [0.2, 0.25) is 0 Å². The van der Waals surface area contributed by atoms with Crippen molar-refractivity contribution in [3.63, 3.8) is 0 Å². The minimum Gasteiger partial charge on any atom is -0.548 e. The second-order valence-corrected chi connectivity index (χ2v) is 2.61. The van der Waals surface area contributed by atoms with Gasteiger partial charge < -0.3 is 14.6 Å². The van der Waals surface area contributed by atoms with E-state index in [4.69, 9.17) is 4.74 Å². The van der Waals surface area contributed by atoms with Crippen molar-refractivity contribution >= 4 is 12.2 Å². The number of carboxylic acid groups (broad SMARTS) is 1. The summed E-state index contributed by atoms with van der Waals surface area (Å²) in [5, 5.41) is 10.0. The number of benzene rings is 1. The third kappa shape index (κ3) is 5.57. The molecule has 0 fully saturated rings. The van der Waals surface area contributed by atoms with Gasteiger partial charge in [0.15, 0.2) is 0 Å². The molecule has 74 valence electrons. The molecule has 0 aliphatic rings. The zero-order valence-electron chi connectivity index (χ0n) is 8.77. The summed E-state index contributed by atoms with van der Waals surface area (Å²) in [6, 6.07) is 7.13. The first kappa shape index (κ1) is 14.2. The summed E-state index contributed by atoms with van der Waals surface area (Å²) < 4.78 is 4.96. The Kier molecular flexibility index (Phi) is 7.03. The average molecular weight is 215 g/mol. The Morgan fingerprint density at radius 2 is 2.07 bits per heavy atom. The van der Waals surface area contributed by atoms with Gasteiger partial charge in [-0.2, -0.15) is 0 Å². The Balaban J connectivity index is 0.00000196. The Morgan fingerprint density at radius 3 is 2.53 bits per heavy atom. The second-order valence-electron chi connectivity index (χ2n) is 2.61. The van der Waals surface area contributed by atoms with Crippen molar-refractivity contribution in [2.24, 2.45) is 4.99 Å². The summed E-state index contributed by atoms with van der Waals surface area (Å²) in [7, 11) is 1.58. The minimum absolute atomic E-state index is 0. The van der Waals surface area contributed by atoms with Gasteiger partial charge in [-0.05, 0) is 29.8 Å². The van der Waals surface area contributed by atoms with E-state index in [1.807, 2.05) is 0 Å². The van der Waals surface area contributed by atoms with Crippen LogP contribution in [0.15, 0.2) is 29.3 Å². The third-order valence-corrected chi connectivity index (χ3v) is 1.58. The first-order chi connectivity index (χ1) is 6.72. The van der Waals surface area contributed by atoms with Crippen LogP contribution in [0.5, 0.6) is 5.75 Å². The fraction of sp³-hybridized carbons (Fsp3) is 0.200. The molecule has 1 rings (SSSR count). The largest absolute Gasteiger partial charge is 1.00 e. The molecule has 0 aliphatic carbocycles. The van der Waals surface area contributed by atoms with E-state index in [2.05, 4.69) is 4.99 Å². The van der Waals surface area contributed by atoms with Crippen molar-refractivity contribution in [2.45, 2.75) is 0 Å². The SMILES string of the molecule is COc1ccc(/C=N\CC(=O)[O-])cc1.[Na+]. The van der Waals surface area contributed by atoms with Crippen LogP contribution < -0.4 is 39.4 Å². The number of rotatable bonds is 4. The number of hydrogen-bond donors (Lipinski definition) is 0. The molecule has 15 heavy (non-hydrogen) atoms. The Labute approximate surface area is 110 Å². The number of nitrogens with zero attached hydrogens (tertiary/aromatic N) is 1. The van der Waals surface area contributed by atoms with E-state index in [9.17, 15) is 9.90 Å². The maximum atomic E-state index is 10.0.